The van der Waals surface area contributed by atoms with E-state index in [0.29, 0.717) is 44.5 Å². The van der Waals surface area contributed by atoms with Gasteiger partial charge in [-0.05, 0) is 39.5 Å². The highest BCUT2D eigenvalue weighted by Gasteiger charge is 2.25. The quantitative estimate of drug-likeness (QED) is 0.241. The Morgan fingerprint density at radius 3 is 2.33 bits per heavy atom. The fraction of sp³-hybridized carbons (Fsp3) is 0.583. The first-order valence-electron chi connectivity index (χ1n) is 11.8. The summed E-state index contributed by atoms with van der Waals surface area (Å²) < 4.78 is 0. The minimum atomic E-state index is -0.494. The smallest absolute Gasteiger partial charge is 0.234 e. The van der Waals surface area contributed by atoms with Crippen LogP contribution in [0, 0.1) is 17.7 Å². The van der Waals surface area contributed by atoms with Crippen LogP contribution in [0.2, 0.25) is 0 Å². The molecule has 1 aliphatic heterocycles. The van der Waals surface area contributed by atoms with Crippen molar-refractivity contribution in [2.75, 3.05) is 32.7 Å². The number of rotatable bonds is 7. The third kappa shape index (κ3) is 7.73. The maximum Gasteiger partial charge on any atom is 0.234 e. The summed E-state index contributed by atoms with van der Waals surface area (Å²) in [5.41, 5.74) is 2.44. The second-order valence-corrected chi connectivity index (χ2v) is 9.05. The molecular formula is C24H37N7O2. The molecule has 0 aromatic heterocycles. The highest BCUT2D eigenvalue weighted by Crippen LogP contribution is 2.19. The number of carbonyl (C=O) groups is 1. The van der Waals surface area contributed by atoms with Crippen molar-refractivity contribution in [3.05, 3.63) is 35.4 Å². The van der Waals surface area contributed by atoms with Crippen LogP contribution in [0.5, 0.6) is 0 Å². The Hall–Kier alpha value is -2.62. The van der Waals surface area contributed by atoms with E-state index in [1.807, 2.05) is 36.1 Å². The second-order valence-electron chi connectivity index (χ2n) is 9.05. The highest BCUT2D eigenvalue weighted by atomic mass is 16.3. The number of nitrogens with one attached hydrogen (secondary N) is 4. The van der Waals surface area contributed by atoms with E-state index in [9.17, 15) is 9.90 Å². The lowest BCUT2D eigenvalue weighted by Crippen LogP contribution is -2.52. The van der Waals surface area contributed by atoms with E-state index in [1.165, 1.54) is 6.21 Å². The van der Waals surface area contributed by atoms with Crippen LogP contribution < -0.4 is 10.6 Å². The standard InChI is InChI=1S/C24H37N7O2/c1-17-3-5-19(6-4-17)22(15-25)29-24(26)31-13-11-30(12-14-31)16-23(33)28-21-9-7-20(8-10-21)27-18(2)32/h3-6,15,18,20-21,25-27,32H,7-14,16H2,1-2H3,(H,28,33)/b25-15?,26-24?,29-22+/t18-,20?,21?/m1/s1. The van der Waals surface area contributed by atoms with Gasteiger partial charge in [-0.1, -0.05) is 29.8 Å². The second kappa shape index (κ2) is 12.0. The molecule has 33 heavy (non-hydrogen) atoms. The third-order valence-electron chi connectivity index (χ3n) is 6.32. The average molecular weight is 456 g/mol. The first-order chi connectivity index (χ1) is 15.8. The van der Waals surface area contributed by atoms with Gasteiger partial charge >= 0.3 is 0 Å². The molecule has 1 aromatic rings. The Kier molecular flexibility index (Phi) is 9.11. The molecule has 9 nitrogen and oxygen atoms in total. The number of aliphatic imine (C=N–C) groups is 1. The summed E-state index contributed by atoms with van der Waals surface area (Å²) in [5, 5.41) is 31.8. The molecule has 0 unspecified atom stereocenters. The van der Waals surface area contributed by atoms with Gasteiger partial charge in [-0.3, -0.25) is 20.4 Å². The van der Waals surface area contributed by atoms with Gasteiger partial charge in [0, 0.05) is 50.0 Å². The van der Waals surface area contributed by atoms with E-state index < -0.39 is 6.23 Å². The van der Waals surface area contributed by atoms with Crippen LogP contribution in [-0.2, 0) is 4.79 Å². The number of amides is 1. The summed E-state index contributed by atoms with van der Waals surface area (Å²) in [6.45, 7) is 6.76. The molecule has 5 N–H and O–H groups in total. The number of hydrogen-bond acceptors (Lipinski definition) is 6. The van der Waals surface area contributed by atoms with Gasteiger partial charge in [0.05, 0.1) is 12.3 Å². The molecule has 2 aliphatic rings. The monoisotopic (exact) mass is 455 g/mol. The fourth-order valence-corrected chi connectivity index (χ4v) is 4.43. The molecule has 1 aliphatic carbocycles. The number of nitrogens with zero attached hydrogens (tertiary/aromatic N) is 3. The van der Waals surface area contributed by atoms with Gasteiger partial charge in [-0.2, -0.15) is 0 Å². The molecule has 180 valence electrons. The van der Waals surface area contributed by atoms with Gasteiger partial charge in [-0.25, -0.2) is 4.99 Å². The number of aliphatic hydroxyl groups excluding tert-OH is 1. The maximum atomic E-state index is 12.5. The number of aryl methyl sites for hydroxylation is 1. The van der Waals surface area contributed by atoms with E-state index in [4.69, 9.17) is 10.8 Å². The summed E-state index contributed by atoms with van der Waals surface area (Å²) in [6.07, 6.45) is 4.46. The van der Waals surface area contributed by atoms with Crippen LogP contribution in [0.1, 0.15) is 43.7 Å². The zero-order chi connectivity index (χ0) is 23.8. The SMILES string of the molecule is Cc1ccc(/C(C=N)=N/C(=N)N2CCN(CC(=O)NC3CCC(N[C@@H](C)O)CC3)CC2)cc1. The average Bonchev–Trinajstić information content (AvgIpc) is 2.79. The maximum absolute atomic E-state index is 12.5. The third-order valence-corrected chi connectivity index (χ3v) is 6.32. The predicted molar refractivity (Wildman–Crippen MR) is 131 cm³/mol. The van der Waals surface area contributed by atoms with Crippen LogP contribution >= 0.6 is 0 Å². The predicted octanol–water partition coefficient (Wildman–Crippen LogP) is 1.34. The van der Waals surface area contributed by atoms with Crippen LogP contribution in [0.4, 0.5) is 0 Å². The van der Waals surface area contributed by atoms with Crippen molar-refractivity contribution in [1.82, 2.24) is 20.4 Å². The van der Waals surface area contributed by atoms with E-state index in [-0.39, 0.29) is 17.9 Å². The van der Waals surface area contributed by atoms with E-state index >= 15 is 0 Å². The summed E-state index contributed by atoms with van der Waals surface area (Å²) in [5.74, 6) is 0.203. The minimum Gasteiger partial charge on any atom is -0.379 e. The van der Waals surface area contributed by atoms with Crippen LogP contribution in [0.3, 0.4) is 0 Å². The molecule has 0 radical (unpaired) electrons. The highest BCUT2D eigenvalue weighted by molar-refractivity contribution is 6.39. The Balaban J connectivity index is 1.41. The van der Waals surface area contributed by atoms with Crippen molar-refractivity contribution in [3.8, 4) is 0 Å². The molecule has 1 saturated carbocycles. The van der Waals surface area contributed by atoms with E-state index in [2.05, 4.69) is 20.5 Å². The van der Waals surface area contributed by atoms with Gasteiger partial charge in [0.25, 0.3) is 0 Å². The van der Waals surface area contributed by atoms with Crippen molar-refractivity contribution in [2.45, 2.75) is 57.8 Å². The summed E-state index contributed by atoms with van der Waals surface area (Å²) in [4.78, 5) is 20.9. The van der Waals surface area contributed by atoms with Gasteiger partial charge < -0.3 is 20.7 Å². The Morgan fingerprint density at radius 2 is 1.76 bits per heavy atom. The molecule has 9 heteroatoms. The fourth-order valence-electron chi connectivity index (χ4n) is 4.43. The Morgan fingerprint density at radius 1 is 1.15 bits per heavy atom. The van der Waals surface area contributed by atoms with Gasteiger partial charge in [0.2, 0.25) is 11.9 Å². The summed E-state index contributed by atoms with van der Waals surface area (Å²) >= 11 is 0. The van der Waals surface area contributed by atoms with Crippen molar-refractivity contribution < 1.29 is 9.90 Å². The lowest BCUT2D eigenvalue weighted by atomic mass is 9.91. The van der Waals surface area contributed by atoms with Crippen LogP contribution in [-0.4, -0.2) is 89.7 Å². The molecule has 1 amide bonds. The number of guanidine groups is 1. The van der Waals surface area contributed by atoms with Crippen LogP contribution in [0.15, 0.2) is 29.3 Å². The van der Waals surface area contributed by atoms with Crippen molar-refractivity contribution in [2.24, 2.45) is 4.99 Å². The van der Waals surface area contributed by atoms with E-state index in [0.717, 1.165) is 36.8 Å². The van der Waals surface area contributed by atoms with Crippen LogP contribution in [0.25, 0.3) is 0 Å². The lowest BCUT2D eigenvalue weighted by Gasteiger charge is -2.35. The lowest BCUT2D eigenvalue weighted by molar-refractivity contribution is -0.123. The normalized spacial score (nSPS) is 23.1. The molecule has 1 atom stereocenters. The molecule has 1 heterocycles. The molecule has 1 saturated heterocycles. The molecule has 2 fully saturated rings. The molecule has 3 rings (SSSR count). The van der Waals surface area contributed by atoms with Crippen molar-refractivity contribution in [3.63, 3.8) is 0 Å². The Labute approximate surface area is 196 Å². The minimum absolute atomic E-state index is 0.0500. The summed E-state index contributed by atoms with van der Waals surface area (Å²) in [7, 11) is 0. The number of hydrogen-bond donors (Lipinski definition) is 5. The van der Waals surface area contributed by atoms with Crippen molar-refractivity contribution in [1.29, 1.82) is 10.8 Å². The summed E-state index contributed by atoms with van der Waals surface area (Å²) in [6, 6.07) is 8.30. The number of piperazine rings is 1. The van der Waals surface area contributed by atoms with Crippen molar-refractivity contribution >= 4 is 23.8 Å². The van der Waals surface area contributed by atoms with Gasteiger partial charge in [0.15, 0.2) is 0 Å². The molecule has 1 aromatic carbocycles. The number of aliphatic hydroxyl groups is 1. The molecular weight excluding hydrogens is 418 g/mol. The zero-order valence-corrected chi connectivity index (χ0v) is 19.7. The Bertz CT molecular complexity index is 837. The largest absolute Gasteiger partial charge is 0.379 e. The number of benzene rings is 1. The van der Waals surface area contributed by atoms with Gasteiger partial charge in [0.1, 0.15) is 6.23 Å². The molecule has 0 bridgehead atoms. The molecule has 0 spiro atoms. The van der Waals surface area contributed by atoms with Gasteiger partial charge in [-0.15, -0.1) is 0 Å². The first kappa shape index (κ1) is 25.0. The number of carbonyl (C=O) groups excluding carboxylic acids is 1. The topological polar surface area (TPSA) is 128 Å². The zero-order valence-electron chi connectivity index (χ0n) is 19.7. The first-order valence-corrected chi connectivity index (χ1v) is 11.8. The van der Waals surface area contributed by atoms with E-state index in [1.54, 1.807) is 6.92 Å².